The highest BCUT2D eigenvalue weighted by Gasteiger charge is 2.30. The van der Waals surface area contributed by atoms with Crippen LogP contribution in [0.4, 0.5) is 20.4 Å². The van der Waals surface area contributed by atoms with E-state index in [4.69, 9.17) is 16.3 Å². The second-order valence-corrected chi connectivity index (χ2v) is 13.0. The molecular weight excluding hydrogens is 600 g/mol. The summed E-state index contributed by atoms with van der Waals surface area (Å²) in [6.45, 7) is 1.93. The van der Waals surface area contributed by atoms with Gasteiger partial charge in [0.2, 0.25) is 5.95 Å². The Morgan fingerprint density at radius 3 is 2.63 bits per heavy atom. The highest BCUT2D eigenvalue weighted by Crippen LogP contribution is 2.40. The van der Waals surface area contributed by atoms with Crippen LogP contribution in [0.5, 0.6) is 5.75 Å². The van der Waals surface area contributed by atoms with Crippen molar-refractivity contribution in [2.45, 2.75) is 42.7 Å². The van der Waals surface area contributed by atoms with Gasteiger partial charge in [-0.2, -0.15) is 0 Å². The lowest BCUT2D eigenvalue weighted by Crippen LogP contribution is -2.37. The molecule has 3 aromatic carbocycles. The van der Waals surface area contributed by atoms with Gasteiger partial charge in [0.25, 0.3) is 10.0 Å². The number of aliphatic hydroxyl groups excluding tert-OH is 1. The molecule has 13 heteroatoms. The predicted molar refractivity (Wildman–Crippen MR) is 161 cm³/mol. The fourth-order valence-corrected chi connectivity index (χ4v) is 7.46. The van der Waals surface area contributed by atoms with Crippen molar-refractivity contribution < 1.29 is 27.0 Å². The SMILES string of the molecule is COc1cc(-c2c(F)ccc(NS(=O)(=O)c3cc(Cl)cc4c3CC[C@H]4O)c2F)cc2cnc(NC3CCN(C)CC3)nc12. The van der Waals surface area contributed by atoms with Crippen LogP contribution >= 0.6 is 11.6 Å². The van der Waals surface area contributed by atoms with Gasteiger partial charge in [-0.3, -0.25) is 4.72 Å². The van der Waals surface area contributed by atoms with Crippen molar-refractivity contribution in [3.05, 3.63) is 70.4 Å². The standard InChI is InChI=1S/C30H30ClF2N5O4S/c1-38-9-7-19(8-10-38)35-30-34-15-17-11-16(12-25(42-2)29(17)36-30)27-22(32)4-5-23(28(27)33)37-43(40,41)26-14-18(31)13-21-20(26)3-6-24(21)39/h4-5,11-15,19,24,37,39H,3,6-10H2,1-2H3,(H,34,35,36)/t24-/m1/s1. The zero-order valence-corrected chi connectivity index (χ0v) is 25.1. The minimum absolute atomic E-state index is 0.117. The van der Waals surface area contributed by atoms with E-state index in [1.54, 1.807) is 6.20 Å². The van der Waals surface area contributed by atoms with Crippen LogP contribution in [-0.4, -0.2) is 61.7 Å². The van der Waals surface area contributed by atoms with E-state index < -0.39 is 39.0 Å². The molecule has 2 heterocycles. The number of aliphatic hydroxyl groups is 1. The number of hydrogen-bond acceptors (Lipinski definition) is 8. The Hall–Kier alpha value is -3.58. The van der Waals surface area contributed by atoms with Crippen LogP contribution in [0.25, 0.3) is 22.0 Å². The van der Waals surface area contributed by atoms with Gasteiger partial charge in [0.1, 0.15) is 17.1 Å². The molecule has 3 N–H and O–H groups in total. The zero-order chi connectivity index (χ0) is 30.5. The van der Waals surface area contributed by atoms with E-state index in [9.17, 15) is 13.5 Å². The Morgan fingerprint density at radius 2 is 1.88 bits per heavy atom. The van der Waals surface area contributed by atoms with E-state index in [1.165, 1.54) is 31.4 Å². The predicted octanol–water partition coefficient (Wildman–Crippen LogP) is 5.52. The van der Waals surface area contributed by atoms with Crippen molar-refractivity contribution in [3.8, 4) is 16.9 Å². The van der Waals surface area contributed by atoms with Crippen molar-refractivity contribution in [2.24, 2.45) is 0 Å². The topological polar surface area (TPSA) is 117 Å². The maximum atomic E-state index is 15.9. The molecule has 4 aromatic rings. The number of benzene rings is 3. The van der Waals surface area contributed by atoms with Gasteiger partial charge in [-0.1, -0.05) is 11.6 Å². The first-order chi connectivity index (χ1) is 20.5. The van der Waals surface area contributed by atoms with Crippen LogP contribution < -0.4 is 14.8 Å². The smallest absolute Gasteiger partial charge is 0.262 e. The molecule has 0 radical (unpaired) electrons. The molecule has 0 unspecified atom stereocenters. The molecule has 1 aliphatic heterocycles. The molecule has 0 spiro atoms. The van der Waals surface area contributed by atoms with Crippen LogP contribution in [0.15, 0.2) is 47.5 Å². The van der Waals surface area contributed by atoms with Crippen LogP contribution in [0.2, 0.25) is 5.02 Å². The van der Waals surface area contributed by atoms with Crippen LogP contribution in [-0.2, 0) is 16.4 Å². The maximum absolute atomic E-state index is 15.9. The van der Waals surface area contributed by atoms with E-state index >= 15 is 8.78 Å². The number of likely N-dealkylation sites (tertiary alicyclic amines) is 1. The number of sulfonamides is 1. The molecule has 0 bridgehead atoms. The number of hydrogen-bond donors (Lipinski definition) is 3. The average Bonchev–Trinajstić information content (AvgIpc) is 3.35. The van der Waals surface area contributed by atoms with Gasteiger partial charge in [0.05, 0.1) is 29.4 Å². The number of halogens is 3. The van der Waals surface area contributed by atoms with Crippen LogP contribution in [0.3, 0.4) is 0 Å². The van der Waals surface area contributed by atoms with E-state index in [2.05, 4.69) is 32.0 Å². The quantitative estimate of drug-likeness (QED) is 0.245. The molecule has 43 heavy (non-hydrogen) atoms. The third-order valence-electron chi connectivity index (χ3n) is 8.07. The average molecular weight is 630 g/mol. The van der Waals surface area contributed by atoms with Gasteiger partial charge in [-0.15, -0.1) is 0 Å². The number of ether oxygens (including phenoxy) is 1. The van der Waals surface area contributed by atoms with E-state index in [1.807, 2.05) is 0 Å². The molecule has 226 valence electrons. The lowest BCUT2D eigenvalue weighted by molar-refractivity contribution is 0.180. The summed E-state index contributed by atoms with van der Waals surface area (Å²) in [5.41, 5.74) is 0.523. The lowest BCUT2D eigenvalue weighted by atomic mass is 10.0. The molecule has 0 amide bonds. The molecule has 6 rings (SSSR count). The molecule has 2 aliphatic rings. The van der Waals surface area contributed by atoms with Crippen LogP contribution in [0, 0.1) is 11.6 Å². The number of nitrogens with zero attached hydrogens (tertiary/aromatic N) is 3. The first kappa shape index (κ1) is 29.5. The second kappa shape index (κ2) is 11.5. The van der Waals surface area contributed by atoms with Crippen molar-refractivity contribution in [3.63, 3.8) is 0 Å². The number of anilines is 2. The monoisotopic (exact) mass is 629 g/mol. The van der Waals surface area contributed by atoms with Gasteiger partial charge in [-0.05, 0) is 98.9 Å². The number of piperidine rings is 1. The largest absolute Gasteiger partial charge is 0.494 e. The Kier molecular flexibility index (Phi) is 7.88. The van der Waals surface area contributed by atoms with Gasteiger partial charge in [0.15, 0.2) is 5.82 Å². The van der Waals surface area contributed by atoms with Crippen molar-refractivity contribution >= 4 is 44.2 Å². The third-order valence-corrected chi connectivity index (χ3v) is 9.72. The highest BCUT2D eigenvalue weighted by molar-refractivity contribution is 7.92. The Labute approximate surface area is 252 Å². The number of methoxy groups -OCH3 is 1. The zero-order valence-electron chi connectivity index (χ0n) is 23.5. The molecule has 1 aliphatic carbocycles. The number of aromatic nitrogens is 2. The molecule has 9 nitrogen and oxygen atoms in total. The fraction of sp³-hybridized carbons (Fsp3) is 0.333. The van der Waals surface area contributed by atoms with E-state index in [-0.39, 0.29) is 27.3 Å². The summed E-state index contributed by atoms with van der Waals surface area (Å²) in [6.07, 6.45) is 3.28. The maximum Gasteiger partial charge on any atom is 0.262 e. The van der Waals surface area contributed by atoms with Crippen molar-refractivity contribution in [2.75, 3.05) is 37.3 Å². The summed E-state index contributed by atoms with van der Waals surface area (Å²) in [5.74, 6) is -1.29. The number of rotatable bonds is 7. The number of nitrogens with one attached hydrogen (secondary N) is 2. The molecule has 0 saturated carbocycles. The summed E-state index contributed by atoms with van der Waals surface area (Å²) in [6, 6.07) is 8.01. The highest BCUT2D eigenvalue weighted by atomic mass is 35.5. The molecule has 1 atom stereocenters. The van der Waals surface area contributed by atoms with Crippen molar-refractivity contribution in [1.29, 1.82) is 0 Å². The normalized spacial score (nSPS) is 17.7. The van der Waals surface area contributed by atoms with Gasteiger partial charge >= 0.3 is 0 Å². The molecule has 1 fully saturated rings. The Morgan fingerprint density at radius 1 is 1.12 bits per heavy atom. The van der Waals surface area contributed by atoms with Gasteiger partial charge in [-0.25, -0.2) is 27.2 Å². The minimum atomic E-state index is -4.35. The Balaban J connectivity index is 1.35. The van der Waals surface area contributed by atoms with E-state index in [0.717, 1.165) is 38.1 Å². The third kappa shape index (κ3) is 5.72. The van der Waals surface area contributed by atoms with E-state index in [0.29, 0.717) is 40.8 Å². The second-order valence-electron chi connectivity index (χ2n) is 10.9. The molecule has 1 saturated heterocycles. The summed E-state index contributed by atoms with van der Waals surface area (Å²) in [7, 11) is -0.834. The Bertz CT molecular complexity index is 1830. The molecular formula is C30H30ClF2N5O4S. The molecule has 1 aromatic heterocycles. The van der Waals surface area contributed by atoms with Gasteiger partial charge < -0.3 is 20.1 Å². The first-order valence-corrected chi connectivity index (χ1v) is 15.7. The minimum Gasteiger partial charge on any atom is -0.494 e. The summed E-state index contributed by atoms with van der Waals surface area (Å²) < 4.78 is 65.8. The fourth-order valence-electron chi connectivity index (χ4n) is 5.79. The summed E-state index contributed by atoms with van der Waals surface area (Å²) in [4.78, 5) is 11.1. The summed E-state index contributed by atoms with van der Waals surface area (Å²) >= 11 is 6.15. The van der Waals surface area contributed by atoms with Gasteiger partial charge in [0, 0.05) is 22.6 Å². The van der Waals surface area contributed by atoms with Crippen LogP contribution in [0.1, 0.15) is 36.5 Å². The first-order valence-electron chi connectivity index (χ1n) is 13.9. The lowest BCUT2D eigenvalue weighted by Gasteiger charge is -2.29. The van der Waals surface area contributed by atoms with Crippen molar-refractivity contribution in [1.82, 2.24) is 14.9 Å². The summed E-state index contributed by atoms with van der Waals surface area (Å²) in [5, 5.41) is 14.2. The number of fused-ring (bicyclic) bond motifs is 2.